The highest BCUT2D eigenvalue weighted by atomic mass is 35.5. The highest BCUT2D eigenvalue weighted by molar-refractivity contribution is 6.22. The van der Waals surface area contributed by atoms with Gasteiger partial charge in [-0.15, -0.1) is 11.6 Å². The molecule has 3 heteroatoms. The van der Waals surface area contributed by atoms with Crippen LogP contribution in [-0.4, -0.2) is 0 Å². The summed E-state index contributed by atoms with van der Waals surface area (Å²) in [6.07, 6.45) is 0. The fraction of sp³-hybridized carbons (Fsp3) is 0.0769. The molecule has 0 atom stereocenters. The van der Waals surface area contributed by atoms with Crippen molar-refractivity contribution < 1.29 is 8.78 Å². The van der Waals surface area contributed by atoms with Crippen LogP contribution in [0, 0.1) is 11.6 Å². The molecule has 0 saturated carbocycles. The molecule has 0 aliphatic rings. The lowest BCUT2D eigenvalue weighted by atomic mass is 10.0. The van der Waals surface area contributed by atoms with Crippen molar-refractivity contribution in [2.75, 3.05) is 0 Å². The molecule has 0 fully saturated rings. The summed E-state index contributed by atoms with van der Waals surface area (Å²) >= 11 is 6.19. The molecule has 82 valence electrons. The van der Waals surface area contributed by atoms with Gasteiger partial charge in [-0.2, -0.15) is 0 Å². The van der Waals surface area contributed by atoms with Gasteiger partial charge in [0, 0.05) is 0 Å². The van der Waals surface area contributed by atoms with E-state index in [4.69, 9.17) is 11.6 Å². The van der Waals surface area contributed by atoms with E-state index in [1.54, 1.807) is 24.3 Å². The van der Waals surface area contributed by atoms with Crippen molar-refractivity contribution in [2.24, 2.45) is 0 Å². The van der Waals surface area contributed by atoms with Crippen LogP contribution in [0.3, 0.4) is 0 Å². The van der Waals surface area contributed by atoms with E-state index in [0.717, 1.165) is 11.1 Å². The van der Waals surface area contributed by atoms with Crippen LogP contribution in [-0.2, 0) is 0 Å². The van der Waals surface area contributed by atoms with E-state index in [-0.39, 0.29) is 17.0 Å². The second-order valence-corrected chi connectivity index (χ2v) is 3.90. The van der Waals surface area contributed by atoms with Crippen LogP contribution >= 0.6 is 11.6 Å². The standard InChI is InChI=1S/C13H9ClF2/c14-13(9-1-5-11(15)6-2-9)10-3-7-12(16)8-4-10/h1-8,13H. The van der Waals surface area contributed by atoms with Crippen LogP contribution in [0.1, 0.15) is 16.5 Å². The van der Waals surface area contributed by atoms with Crippen LogP contribution in [0.4, 0.5) is 8.78 Å². The molecule has 2 aromatic rings. The zero-order chi connectivity index (χ0) is 11.5. The molecule has 0 radical (unpaired) electrons. The zero-order valence-corrected chi connectivity index (χ0v) is 9.09. The summed E-state index contributed by atoms with van der Waals surface area (Å²) in [5, 5.41) is -0.388. The molecule has 0 saturated heterocycles. The maximum absolute atomic E-state index is 12.7. The van der Waals surface area contributed by atoms with Crippen molar-refractivity contribution in [1.29, 1.82) is 0 Å². The molecule has 0 aromatic heterocycles. The normalized spacial score (nSPS) is 10.8. The van der Waals surface area contributed by atoms with E-state index in [9.17, 15) is 8.78 Å². The lowest BCUT2D eigenvalue weighted by Gasteiger charge is -2.09. The van der Waals surface area contributed by atoms with Crippen molar-refractivity contribution in [3.05, 3.63) is 71.3 Å². The van der Waals surface area contributed by atoms with E-state index in [0.29, 0.717) is 0 Å². The molecular weight excluding hydrogens is 230 g/mol. The molecule has 2 rings (SSSR count). The summed E-state index contributed by atoms with van der Waals surface area (Å²) in [4.78, 5) is 0. The summed E-state index contributed by atoms with van der Waals surface area (Å²) in [5.41, 5.74) is 1.57. The summed E-state index contributed by atoms with van der Waals surface area (Å²) in [6.45, 7) is 0. The van der Waals surface area contributed by atoms with E-state index in [2.05, 4.69) is 0 Å². The Morgan fingerprint density at radius 3 is 1.31 bits per heavy atom. The second-order valence-electron chi connectivity index (χ2n) is 3.47. The van der Waals surface area contributed by atoms with Crippen molar-refractivity contribution in [3.63, 3.8) is 0 Å². The van der Waals surface area contributed by atoms with Crippen LogP contribution in [0.15, 0.2) is 48.5 Å². The van der Waals surface area contributed by atoms with Crippen LogP contribution < -0.4 is 0 Å². The smallest absolute Gasteiger partial charge is 0.123 e. The lowest BCUT2D eigenvalue weighted by molar-refractivity contribution is 0.626. The first-order valence-corrected chi connectivity index (χ1v) is 5.25. The van der Waals surface area contributed by atoms with Gasteiger partial charge >= 0.3 is 0 Å². The molecule has 2 aromatic carbocycles. The quantitative estimate of drug-likeness (QED) is 0.685. The van der Waals surface area contributed by atoms with Gasteiger partial charge in [0.1, 0.15) is 11.6 Å². The fourth-order valence-electron chi connectivity index (χ4n) is 1.46. The predicted molar refractivity (Wildman–Crippen MR) is 60.5 cm³/mol. The Kier molecular flexibility index (Phi) is 3.20. The summed E-state index contributed by atoms with van der Waals surface area (Å²) in [6, 6.07) is 11.9. The number of hydrogen-bond donors (Lipinski definition) is 0. The summed E-state index contributed by atoms with van der Waals surface area (Å²) in [7, 11) is 0. The van der Waals surface area contributed by atoms with Gasteiger partial charge < -0.3 is 0 Å². The van der Waals surface area contributed by atoms with E-state index in [1.165, 1.54) is 24.3 Å². The third-order valence-electron chi connectivity index (χ3n) is 2.33. The largest absolute Gasteiger partial charge is 0.207 e. The fourth-order valence-corrected chi connectivity index (χ4v) is 1.75. The third-order valence-corrected chi connectivity index (χ3v) is 2.83. The summed E-state index contributed by atoms with van der Waals surface area (Å²) < 4.78 is 25.4. The highest BCUT2D eigenvalue weighted by Crippen LogP contribution is 2.28. The van der Waals surface area contributed by atoms with Gasteiger partial charge in [0.2, 0.25) is 0 Å². The average molecular weight is 239 g/mol. The van der Waals surface area contributed by atoms with E-state index in [1.807, 2.05) is 0 Å². The Morgan fingerprint density at radius 1 is 0.688 bits per heavy atom. The van der Waals surface area contributed by atoms with Crippen LogP contribution in [0.5, 0.6) is 0 Å². The Labute approximate surface area is 97.5 Å². The maximum atomic E-state index is 12.7. The first kappa shape index (κ1) is 11.1. The van der Waals surface area contributed by atoms with Crippen LogP contribution in [0.2, 0.25) is 0 Å². The Hall–Kier alpha value is -1.41. The Balaban J connectivity index is 2.28. The minimum absolute atomic E-state index is 0.299. The van der Waals surface area contributed by atoms with E-state index >= 15 is 0 Å². The van der Waals surface area contributed by atoms with Gasteiger partial charge in [-0.05, 0) is 35.4 Å². The van der Waals surface area contributed by atoms with Gasteiger partial charge in [0.15, 0.2) is 0 Å². The molecule has 0 aliphatic heterocycles. The first-order chi connectivity index (χ1) is 7.66. The Bertz CT molecular complexity index is 417. The minimum Gasteiger partial charge on any atom is -0.207 e. The molecule has 0 amide bonds. The monoisotopic (exact) mass is 238 g/mol. The van der Waals surface area contributed by atoms with Crippen molar-refractivity contribution >= 4 is 11.6 Å². The van der Waals surface area contributed by atoms with Gasteiger partial charge in [-0.1, -0.05) is 24.3 Å². The molecule has 16 heavy (non-hydrogen) atoms. The molecule has 0 aliphatic carbocycles. The maximum Gasteiger partial charge on any atom is 0.123 e. The topological polar surface area (TPSA) is 0 Å². The van der Waals surface area contributed by atoms with Crippen molar-refractivity contribution in [2.45, 2.75) is 5.38 Å². The van der Waals surface area contributed by atoms with Gasteiger partial charge in [0.25, 0.3) is 0 Å². The zero-order valence-electron chi connectivity index (χ0n) is 8.33. The first-order valence-electron chi connectivity index (χ1n) is 4.82. The molecular formula is C13H9ClF2. The molecule has 0 heterocycles. The van der Waals surface area contributed by atoms with Gasteiger partial charge in [-0.3, -0.25) is 0 Å². The minimum atomic E-state index is -0.388. The predicted octanol–water partition coefficient (Wildman–Crippen LogP) is 4.29. The average Bonchev–Trinajstić information content (AvgIpc) is 2.30. The second kappa shape index (κ2) is 4.62. The third kappa shape index (κ3) is 2.39. The number of rotatable bonds is 2. The number of benzene rings is 2. The number of alkyl halides is 1. The molecule has 0 unspecified atom stereocenters. The number of hydrogen-bond acceptors (Lipinski definition) is 0. The number of halogens is 3. The van der Waals surface area contributed by atoms with Crippen LogP contribution in [0.25, 0.3) is 0 Å². The molecule has 0 nitrogen and oxygen atoms in total. The summed E-state index contributed by atoms with van der Waals surface area (Å²) in [5.74, 6) is -0.599. The van der Waals surface area contributed by atoms with Crippen molar-refractivity contribution in [1.82, 2.24) is 0 Å². The Morgan fingerprint density at radius 2 is 1.00 bits per heavy atom. The lowest BCUT2D eigenvalue weighted by Crippen LogP contribution is -1.93. The SMILES string of the molecule is Fc1ccc(C(Cl)c2ccc(F)cc2)cc1. The van der Waals surface area contributed by atoms with Crippen molar-refractivity contribution in [3.8, 4) is 0 Å². The highest BCUT2D eigenvalue weighted by Gasteiger charge is 2.10. The van der Waals surface area contributed by atoms with E-state index < -0.39 is 0 Å². The molecule has 0 spiro atoms. The van der Waals surface area contributed by atoms with Gasteiger partial charge in [-0.25, -0.2) is 8.78 Å². The molecule has 0 N–H and O–H groups in total. The van der Waals surface area contributed by atoms with Gasteiger partial charge in [0.05, 0.1) is 5.38 Å². The molecule has 0 bridgehead atoms.